The Morgan fingerprint density at radius 1 is 1.00 bits per heavy atom. The van der Waals surface area contributed by atoms with Crippen molar-refractivity contribution in [1.82, 2.24) is 5.32 Å². The third-order valence-electron chi connectivity index (χ3n) is 7.62. The van der Waals surface area contributed by atoms with Gasteiger partial charge in [0, 0.05) is 34.5 Å². The Bertz CT molecular complexity index is 1460. The Labute approximate surface area is 247 Å². The van der Waals surface area contributed by atoms with Gasteiger partial charge < -0.3 is 24.8 Å². The van der Waals surface area contributed by atoms with Crippen molar-refractivity contribution in [2.24, 2.45) is 5.92 Å². The van der Waals surface area contributed by atoms with E-state index in [1.807, 2.05) is 19.1 Å². The molecule has 3 aromatic rings. The van der Waals surface area contributed by atoms with E-state index < -0.39 is 0 Å². The highest BCUT2D eigenvalue weighted by atomic mass is 35.5. The van der Waals surface area contributed by atoms with Crippen molar-refractivity contribution in [3.63, 3.8) is 0 Å². The van der Waals surface area contributed by atoms with Gasteiger partial charge in [-0.15, -0.1) is 12.4 Å². The number of aryl methyl sites for hydroxylation is 1. The smallest absolute Gasteiger partial charge is 0.314 e. The average molecular weight is 581 g/mol. The van der Waals surface area contributed by atoms with Crippen LogP contribution in [-0.2, 0) is 11.4 Å². The van der Waals surface area contributed by atoms with Gasteiger partial charge in [-0.25, -0.2) is 4.39 Å². The van der Waals surface area contributed by atoms with Crippen molar-refractivity contribution in [3.8, 4) is 28.4 Å². The first-order valence-corrected chi connectivity index (χ1v) is 13.8. The lowest BCUT2D eigenvalue weighted by Crippen LogP contribution is -2.33. The van der Waals surface area contributed by atoms with Crippen LogP contribution in [0.5, 0.6) is 17.2 Å². The van der Waals surface area contributed by atoms with Gasteiger partial charge in [-0.05, 0) is 94.6 Å². The molecule has 0 amide bonds. The van der Waals surface area contributed by atoms with Crippen LogP contribution in [0.2, 0.25) is 0 Å². The molecule has 218 valence electrons. The van der Waals surface area contributed by atoms with Gasteiger partial charge in [-0.1, -0.05) is 18.2 Å². The number of hydrogen-bond acceptors (Lipinski definition) is 6. The second kappa shape index (κ2) is 12.5. The minimum Gasteiger partial charge on any atom is -0.496 e. The third kappa shape index (κ3) is 6.68. The molecule has 5 rings (SSSR count). The van der Waals surface area contributed by atoms with Crippen molar-refractivity contribution >= 4 is 29.6 Å². The first-order valence-electron chi connectivity index (χ1n) is 13.8. The summed E-state index contributed by atoms with van der Waals surface area (Å²) < 4.78 is 31.8. The Morgan fingerprint density at radius 2 is 1.73 bits per heavy atom. The molecule has 0 bridgehead atoms. The van der Waals surface area contributed by atoms with E-state index in [0.717, 1.165) is 65.0 Å². The van der Waals surface area contributed by atoms with Gasteiger partial charge in [0.2, 0.25) is 0 Å². The van der Waals surface area contributed by atoms with Crippen LogP contribution in [0.25, 0.3) is 16.7 Å². The molecule has 8 heteroatoms. The molecular formula is C33H38ClFN2O4. The quantitative estimate of drug-likeness (QED) is 0.225. The van der Waals surface area contributed by atoms with Crippen LogP contribution in [0.3, 0.4) is 0 Å². The Kier molecular flexibility index (Phi) is 9.30. The summed E-state index contributed by atoms with van der Waals surface area (Å²) in [6.45, 7) is 10.1. The highest BCUT2D eigenvalue weighted by molar-refractivity contribution is 5.88. The lowest BCUT2D eigenvalue weighted by Gasteiger charge is -2.33. The number of anilines is 1. The van der Waals surface area contributed by atoms with Crippen LogP contribution < -0.4 is 24.8 Å². The van der Waals surface area contributed by atoms with Crippen LogP contribution in [0, 0.1) is 18.7 Å². The van der Waals surface area contributed by atoms with Gasteiger partial charge in [-0.3, -0.25) is 4.79 Å². The van der Waals surface area contributed by atoms with Gasteiger partial charge in [-0.2, -0.15) is 0 Å². The van der Waals surface area contributed by atoms with Gasteiger partial charge in [0.15, 0.2) is 0 Å². The molecule has 2 heterocycles. The number of hydrogen-bond donors (Lipinski definition) is 2. The van der Waals surface area contributed by atoms with Crippen LogP contribution in [0.4, 0.5) is 10.1 Å². The summed E-state index contributed by atoms with van der Waals surface area (Å²) in [4.78, 5) is 12.7. The van der Waals surface area contributed by atoms with Crippen molar-refractivity contribution in [3.05, 3.63) is 77.1 Å². The zero-order valence-electron chi connectivity index (χ0n) is 24.2. The van der Waals surface area contributed by atoms with E-state index in [1.54, 1.807) is 19.2 Å². The molecule has 1 fully saturated rings. The van der Waals surface area contributed by atoms with E-state index in [0.29, 0.717) is 17.2 Å². The van der Waals surface area contributed by atoms with E-state index in [9.17, 15) is 9.18 Å². The number of nitrogens with one attached hydrogen (secondary N) is 2. The standard InChI is InChI=1S/C33H37FN2O4.ClH/c1-20-6-7-23(34)16-29(20)39-19-27-25(10-11-28-31(27)21(2)18-33(3,4)36-28)26-9-8-24(17-30(26)38-5)40-32(37)22-12-14-35-15-13-22;/h6-11,16-18,22,35-36H,12-15,19H2,1-5H3;1H. The highest BCUT2D eigenvalue weighted by Gasteiger charge is 2.28. The van der Waals surface area contributed by atoms with Crippen LogP contribution in [-0.4, -0.2) is 31.7 Å². The highest BCUT2D eigenvalue weighted by Crippen LogP contribution is 2.43. The van der Waals surface area contributed by atoms with E-state index >= 15 is 0 Å². The Balaban J connectivity index is 0.00000387. The maximum absolute atomic E-state index is 14.0. The topological polar surface area (TPSA) is 68.8 Å². The summed E-state index contributed by atoms with van der Waals surface area (Å²) in [7, 11) is 1.61. The monoisotopic (exact) mass is 580 g/mol. The molecular weight excluding hydrogens is 543 g/mol. The molecule has 0 saturated carbocycles. The predicted octanol–water partition coefficient (Wildman–Crippen LogP) is 7.32. The normalized spacial score (nSPS) is 16.0. The molecule has 1 saturated heterocycles. The number of esters is 1. The predicted molar refractivity (Wildman–Crippen MR) is 164 cm³/mol. The number of methoxy groups -OCH3 is 1. The Hall–Kier alpha value is -3.55. The minimum absolute atomic E-state index is 0. The van der Waals surface area contributed by atoms with E-state index in [2.05, 4.69) is 49.6 Å². The molecule has 0 unspecified atom stereocenters. The van der Waals surface area contributed by atoms with Crippen LogP contribution in [0.1, 0.15) is 50.3 Å². The summed E-state index contributed by atoms with van der Waals surface area (Å²) >= 11 is 0. The average Bonchev–Trinajstić information content (AvgIpc) is 2.93. The summed E-state index contributed by atoms with van der Waals surface area (Å²) in [5.41, 5.74) is 6.57. The fourth-order valence-corrected chi connectivity index (χ4v) is 5.70. The Morgan fingerprint density at radius 3 is 2.46 bits per heavy atom. The fourth-order valence-electron chi connectivity index (χ4n) is 5.70. The summed E-state index contributed by atoms with van der Waals surface area (Å²) in [6.07, 6.45) is 3.75. The van der Waals surface area contributed by atoms with Gasteiger partial charge >= 0.3 is 5.97 Å². The van der Waals surface area contributed by atoms with Crippen LogP contribution in [0.15, 0.2) is 54.6 Å². The molecule has 2 aliphatic heterocycles. The number of carbonyl (C=O) groups excluding carboxylic acids is 1. The number of allylic oxidation sites excluding steroid dienone is 1. The summed E-state index contributed by atoms with van der Waals surface area (Å²) in [5.74, 6) is 0.889. The first-order chi connectivity index (χ1) is 19.1. The van der Waals surface area contributed by atoms with Crippen LogP contribution >= 0.6 is 12.4 Å². The molecule has 3 aromatic carbocycles. The van der Waals surface area contributed by atoms with Crippen molar-refractivity contribution < 1.29 is 23.4 Å². The van der Waals surface area contributed by atoms with Gasteiger partial charge in [0.25, 0.3) is 0 Å². The SMILES string of the molecule is COc1cc(OC(=O)C2CCNCC2)ccc1-c1ccc2c(c1COc1cc(F)ccc1C)C(C)=CC(C)(C)N2.Cl. The number of fused-ring (bicyclic) bond motifs is 1. The summed E-state index contributed by atoms with van der Waals surface area (Å²) in [6, 6.07) is 14.2. The fraction of sp³-hybridized carbons (Fsp3) is 0.364. The second-order valence-electron chi connectivity index (χ2n) is 11.2. The second-order valence-corrected chi connectivity index (χ2v) is 11.2. The third-order valence-corrected chi connectivity index (χ3v) is 7.62. The number of rotatable bonds is 7. The summed E-state index contributed by atoms with van der Waals surface area (Å²) in [5, 5.41) is 6.88. The molecule has 0 spiro atoms. The number of piperidine rings is 1. The molecule has 0 atom stereocenters. The molecule has 2 aliphatic rings. The first kappa shape index (κ1) is 30.4. The lowest BCUT2D eigenvalue weighted by molar-refractivity contribution is -0.139. The maximum Gasteiger partial charge on any atom is 0.314 e. The maximum atomic E-state index is 14.0. The molecule has 41 heavy (non-hydrogen) atoms. The van der Waals surface area contributed by atoms with Gasteiger partial charge in [0.05, 0.1) is 18.6 Å². The van der Waals surface area contributed by atoms with E-state index in [-0.39, 0.29) is 42.3 Å². The zero-order valence-corrected chi connectivity index (χ0v) is 25.0. The van der Waals surface area contributed by atoms with Crippen molar-refractivity contribution in [1.29, 1.82) is 0 Å². The molecule has 0 radical (unpaired) electrons. The number of benzene rings is 3. The number of ether oxygens (including phenoxy) is 3. The minimum atomic E-state index is -0.341. The largest absolute Gasteiger partial charge is 0.496 e. The van der Waals surface area contributed by atoms with E-state index in [1.165, 1.54) is 12.1 Å². The lowest BCUT2D eigenvalue weighted by atomic mass is 9.85. The zero-order chi connectivity index (χ0) is 28.4. The molecule has 0 aromatic heterocycles. The molecule has 6 nitrogen and oxygen atoms in total. The van der Waals surface area contributed by atoms with Crippen molar-refractivity contribution in [2.45, 2.75) is 52.7 Å². The van der Waals surface area contributed by atoms with E-state index in [4.69, 9.17) is 14.2 Å². The number of carbonyl (C=O) groups is 1. The number of halogens is 2. The molecule has 2 N–H and O–H groups in total. The molecule has 0 aliphatic carbocycles. The van der Waals surface area contributed by atoms with Gasteiger partial charge in [0.1, 0.15) is 29.7 Å². The van der Waals surface area contributed by atoms with Crippen molar-refractivity contribution in [2.75, 3.05) is 25.5 Å².